The molecule has 5 nitrogen and oxygen atoms in total. The van der Waals surface area contributed by atoms with Crippen molar-refractivity contribution >= 4 is 41.1 Å². The second kappa shape index (κ2) is 7.41. The maximum absolute atomic E-state index is 12.1. The molecule has 1 aliphatic rings. The summed E-state index contributed by atoms with van der Waals surface area (Å²) >= 11 is 1.67. The van der Waals surface area contributed by atoms with Crippen LogP contribution in [0.1, 0.15) is 47.3 Å². The fourth-order valence-corrected chi connectivity index (χ4v) is 3.90. The van der Waals surface area contributed by atoms with Crippen LogP contribution in [-0.2, 0) is 9.59 Å². The molecule has 2 atom stereocenters. The number of carbonyl (C=O) groups excluding carboxylic acids is 1. The highest BCUT2D eigenvalue weighted by atomic mass is 32.1. The molecule has 1 aliphatic carbocycles. The van der Waals surface area contributed by atoms with Gasteiger partial charge in [-0.15, -0.1) is 11.3 Å². The van der Waals surface area contributed by atoms with Gasteiger partial charge in [0.2, 0.25) is 5.91 Å². The third-order valence-electron chi connectivity index (χ3n) is 4.41. The van der Waals surface area contributed by atoms with E-state index in [0.29, 0.717) is 18.0 Å². The summed E-state index contributed by atoms with van der Waals surface area (Å²) in [5, 5.41) is 12.7. The molecule has 0 radical (unpaired) electrons. The van der Waals surface area contributed by atoms with Crippen LogP contribution < -0.4 is 5.32 Å². The van der Waals surface area contributed by atoms with Gasteiger partial charge in [-0.3, -0.25) is 9.59 Å². The Hall–Kier alpha value is -2.47. The first kappa shape index (κ1) is 18.3. The number of hydrogen-bond donors (Lipinski definition) is 2. The molecule has 1 heterocycles. The molecule has 0 bridgehead atoms. The quantitative estimate of drug-likeness (QED) is 0.790. The summed E-state index contributed by atoms with van der Waals surface area (Å²) in [6, 6.07) is 7.49. The zero-order chi connectivity index (χ0) is 18.8. The Kier molecular flexibility index (Phi) is 5.23. The molecule has 1 fully saturated rings. The lowest BCUT2D eigenvalue weighted by molar-refractivity contribution is -0.139. The number of hydrogen-bond acceptors (Lipinski definition) is 4. The minimum atomic E-state index is -0.902. The SMILES string of the molecule is Cc1sc(/C=C/c2cccc(NC(=O)[C@@H]3C[C@@H]3C(=O)O)c2)nc1C(C)C. The van der Waals surface area contributed by atoms with Gasteiger partial charge in [0, 0.05) is 10.6 Å². The van der Waals surface area contributed by atoms with Gasteiger partial charge in [0.05, 0.1) is 17.5 Å². The lowest BCUT2D eigenvalue weighted by atomic mass is 10.1. The standard InChI is InChI=1S/C20H22N2O3S/c1-11(2)18-12(3)26-17(22-18)8-7-13-5-4-6-14(9-13)21-19(23)15-10-16(15)20(24)25/h4-9,11,15-16H,10H2,1-3H3,(H,21,23)(H,24,25)/b8-7+/t15-,16+/m1/s1. The van der Waals surface area contributed by atoms with Crippen LogP contribution in [0.4, 0.5) is 5.69 Å². The molecule has 1 aromatic heterocycles. The number of rotatable bonds is 6. The van der Waals surface area contributed by atoms with E-state index in [4.69, 9.17) is 5.11 Å². The summed E-state index contributed by atoms with van der Waals surface area (Å²) in [5.74, 6) is -1.68. The number of benzene rings is 1. The fourth-order valence-electron chi connectivity index (χ4n) is 2.92. The van der Waals surface area contributed by atoms with E-state index < -0.39 is 17.8 Å². The van der Waals surface area contributed by atoms with Crippen molar-refractivity contribution in [1.29, 1.82) is 0 Å². The van der Waals surface area contributed by atoms with E-state index in [1.54, 1.807) is 17.4 Å². The van der Waals surface area contributed by atoms with E-state index in [2.05, 4.69) is 31.1 Å². The molecule has 1 aromatic carbocycles. The molecule has 136 valence electrons. The van der Waals surface area contributed by atoms with Crippen molar-refractivity contribution in [2.75, 3.05) is 5.32 Å². The second-order valence-corrected chi connectivity index (χ2v) is 8.12. The van der Waals surface area contributed by atoms with E-state index in [0.717, 1.165) is 16.3 Å². The Labute approximate surface area is 156 Å². The molecular formula is C20H22N2O3S. The minimum Gasteiger partial charge on any atom is -0.481 e. The Bertz CT molecular complexity index is 870. The first-order chi connectivity index (χ1) is 12.3. The molecule has 0 aliphatic heterocycles. The number of carboxylic acid groups (broad SMARTS) is 1. The predicted octanol–water partition coefficient (Wildman–Crippen LogP) is 4.40. The summed E-state index contributed by atoms with van der Waals surface area (Å²) in [7, 11) is 0. The highest BCUT2D eigenvalue weighted by Crippen LogP contribution is 2.39. The van der Waals surface area contributed by atoms with E-state index in [9.17, 15) is 9.59 Å². The van der Waals surface area contributed by atoms with E-state index in [1.807, 2.05) is 30.4 Å². The maximum Gasteiger partial charge on any atom is 0.307 e. The van der Waals surface area contributed by atoms with Crippen molar-refractivity contribution < 1.29 is 14.7 Å². The summed E-state index contributed by atoms with van der Waals surface area (Å²) in [5.41, 5.74) is 2.76. The molecule has 0 spiro atoms. The highest BCUT2D eigenvalue weighted by molar-refractivity contribution is 7.12. The van der Waals surface area contributed by atoms with Gasteiger partial charge in [-0.25, -0.2) is 4.98 Å². The number of aryl methyl sites for hydroxylation is 1. The van der Waals surface area contributed by atoms with E-state index in [-0.39, 0.29) is 5.91 Å². The van der Waals surface area contributed by atoms with Crippen molar-refractivity contribution in [2.24, 2.45) is 11.8 Å². The van der Waals surface area contributed by atoms with Crippen LogP contribution in [0.25, 0.3) is 12.2 Å². The first-order valence-electron chi connectivity index (χ1n) is 8.64. The van der Waals surface area contributed by atoms with Gasteiger partial charge in [-0.05, 0) is 43.0 Å². The molecule has 2 N–H and O–H groups in total. The number of aliphatic carboxylic acids is 1. The van der Waals surface area contributed by atoms with Gasteiger partial charge in [-0.2, -0.15) is 0 Å². The zero-order valence-corrected chi connectivity index (χ0v) is 15.8. The van der Waals surface area contributed by atoms with Crippen molar-refractivity contribution in [1.82, 2.24) is 4.98 Å². The smallest absolute Gasteiger partial charge is 0.307 e. The average molecular weight is 370 g/mol. The summed E-state index contributed by atoms with van der Waals surface area (Å²) < 4.78 is 0. The number of nitrogens with one attached hydrogen (secondary N) is 1. The lowest BCUT2D eigenvalue weighted by Crippen LogP contribution is -2.16. The largest absolute Gasteiger partial charge is 0.481 e. The Balaban J connectivity index is 1.67. The van der Waals surface area contributed by atoms with Crippen LogP contribution in [0, 0.1) is 18.8 Å². The summed E-state index contributed by atoms with van der Waals surface area (Å²) in [4.78, 5) is 28.9. The molecule has 2 aromatic rings. The molecule has 3 rings (SSSR count). The zero-order valence-electron chi connectivity index (χ0n) is 15.0. The number of anilines is 1. The average Bonchev–Trinajstić information content (AvgIpc) is 3.30. The molecule has 6 heteroatoms. The van der Waals surface area contributed by atoms with Crippen LogP contribution >= 0.6 is 11.3 Å². The summed E-state index contributed by atoms with van der Waals surface area (Å²) in [6.07, 6.45) is 4.36. The lowest BCUT2D eigenvalue weighted by Gasteiger charge is -2.05. The normalized spacial score (nSPS) is 19.1. The molecular weight excluding hydrogens is 348 g/mol. The van der Waals surface area contributed by atoms with Crippen molar-refractivity contribution in [3.63, 3.8) is 0 Å². The predicted molar refractivity (Wildman–Crippen MR) is 104 cm³/mol. The first-order valence-corrected chi connectivity index (χ1v) is 9.46. The number of carbonyl (C=O) groups is 2. The monoisotopic (exact) mass is 370 g/mol. The molecule has 26 heavy (non-hydrogen) atoms. The Morgan fingerprint density at radius 2 is 2.08 bits per heavy atom. The number of aromatic nitrogens is 1. The van der Waals surface area contributed by atoms with E-state index >= 15 is 0 Å². The van der Waals surface area contributed by atoms with Crippen LogP contribution in [-0.4, -0.2) is 22.0 Å². The van der Waals surface area contributed by atoms with Crippen LogP contribution in [0.15, 0.2) is 24.3 Å². The van der Waals surface area contributed by atoms with Crippen LogP contribution in [0.3, 0.4) is 0 Å². The van der Waals surface area contributed by atoms with Gasteiger partial charge in [0.15, 0.2) is 0 Å². The minimum absolute atomic E-state index is 0.226. The topological polar surface area (TPSA) is 79.3 Å². The molecule has 1 amide bonds. The second-order valence-electron chi connectivity index (χ2n) is 6.88. The maximum atomic E-state index is 12.1. The molecule has 0 unspecified atom stereocenters. The van der Waals surface area contributed by atoms with Gasteiger partial charge in [0.1, 0.15) is 5.01 Å². The number of nitrogens with zero attached hydrogens (tertiary/aromatic N) is 1. The Morgan fingerprint density at radius 3 is 2.69 bits per heavy atom. The number of thiazole rings is 1. The molecule has 0 saturated heterocycles. The van der Waals surface area contributed by atoms with Crippen LogP contribution in [0.2, 0.25) is 0 Å². The fraction of sp³-hybridized carbons (Fsp3) is 0.350. The number of amides is 1. The van der Waals surface area contributed by atoms with Gasteiger partial charge >= 0.3 is 5.97 Å². The number of carboxylic acids is 1. The van der Waals surface area contributed by atoms with E-state index in [1.165, 1.54) is 4.88 Å². The summed E-state index contributed by atoms with van der Waals surface area (Å²) in [6.45, 7) is 6.36. The van der Waals surface area contributed by atoms with Gasteiger partial charge < -0.3 is 10.4 Å². The Morgan fingerprint density at radius 1 is 1.31 bits per heavy atom. The highest BCUT2D eigenvalue weighted by Gasteiger charge is 2.48. The van der Waals surface area contributed by atoms with Crippen LogP contribution in [0.5, 0.6) is 0 Å². The third-order valence-corrected chi connectivity index (χ3v) is 5.36. The van der Waals surface area contributed by atoms with Crippen molar-refractivity contribution in [2.45, 2.75) is 33.1 Å². The third kappa shape index (κ3) is 4.19. The van der Waals surface area contributed by atoms with Crippen molar-refractivity contribution in [3.05, 3.63) is 45.4 Å². The van der Waals surface area contributed by atoms with Crippen molar-refractivity contribution in [3.8, 4) is 0 Å². The van der Waals surface area contributed by atoms with Gasteiger partial charge in [0.25, 0.3) is 0 Å². The molecule has 1 saturated carbocycles. The van der Waals surface area contributed by atoms with Gasteiger partial charge in [-0.1, -0.05) is 32.1 Å².